The van der Waals surface area contributed by atoms with Gasteiger partial charge in [0.1, 0.15) is 11.5 Å². The number of nitrogens with zero attached hydrogens (tertiary/aromatic N) is 1. The van der Waals surface area contributed by atoms with Crippen LogP contribution in [-0.4, -0.2) is 30.1 Å². The van der Waals surface area contributed by atoms with E-state index >= 15 is 0 Å². The lowest BCUT2D eigenvalue weighted by Gasteiger charge is -2.09. The minimum Gasteiger partial charge on any atom is -0.384 e. The number of ether oxygens (including phenoxy) is 1. The number of nitrogens with one attached hydrogen (secondary N) is 1. The van der Waals surface area contributed by atoms with Crippen LogP contribution in [0, 0.1) is 0 Å². The molecule has 1 unspecified atom stereocenters. The van der Waals surface area contributed by atoms with Crippen LogP contribution in [0.4, 0.5) is 5.82 Å². The Kier molecular flexibility index (Phi) is 3.93. The molecule has 3 N–H and O–H groups in total. The summed E-state index contributed by atoms with van der Waals surface area (Å²) >= 11 is 0. The summed E-state index contributed by atoms with van der Waals surface area (Å²) in [6.45, 7) is 1.45. The highest BCUT2D eigenvalue weighted by Crippen LogP contribution is 2.14. The molecule has 1 amide bonds. The van der Waals surface area contributed by atoms with Gasteiger partial charge in [-0.15, -0.1) is 0 Å². The van der Waals surface area contributed by atoms with Crippen LogP contribution in [0.3, 0.4) is 0 Å². The second kappa shape index (κ2) is 5.63. The molecular weight excluding hydrogens is 218 g/mol. The average Bonchev–Trinajstić information content (AvgIpc) is 2.82. The number of aromatic nitrogens is 1. The van der Waals surface area contributed by atoms with Crippen molar-refractivity contribution in [3.8, 4) is 0 Å². The predicted molar refractivity (Wildman–Crippen MR) is 64.6 cm³/mol. The SMILES string of the molecule is Nc1cccc(C(=O)NCCC2CCCO2)n1. The topological polar surface area (TPSA) is 77.2 Å². The first-order chi connectivity index (χ1) is 8.25. The molecule has 1 atom stereocenters. The van der Waals surface area contributed by atoms with E-state index in [9.17, 15) is 4.79 Å². The molecule has 1 aromatic heterocycles. The third-order valence-electron chi connectivity index (χ3n) is 2.78. The molecule has 5 nitrogen and oxygen atoms in total. The third-order valence-corrected chi connectivity index (χ3v) is 2.78. The molecule has 2 rings (SSSR count). The minimum absolute atomic E-state index is 0.185. The molecule has 17 heavy (non-hydrogen) atoms. The smallest absolute Gasteiger partial charge is 0.269 e. The first kappa shape index (κ1) is 11.9. The Bertz CT molecular complexity index is 389. The zero-order valence-electron chi connectivity index (χ0n) is 9.69. The summed E-state index contributed by atoms with van der Waals surface area (Å²) in [5, 5.41) is 2.82. The van der Waals surface area contributed by atoms with Crippen LogP contribution in [0.5, 0.6) is 0 Å². The molecule has 1 aromatic rings. The number of rotatable bonds is 4. The van der Waals surface area contributed by atoms with Crippen LogP contribution in [-0.2, 0) is 4.74 Å². The number of hydrogen-bond donors (Lipinski definition) is 2. The van der Waals surface area contributed by atoms with Gasteiger partial charge in [-0.1, -0.05) is 6.07 Å². The molecule has 1 saturated heterocycles. The summed E-state index contributed by atoms with van der Waals surface area (Å²) in [6.07, 6.45) is 3.36. The van der Waals surface area contributed by atoms with Crippen molar-refractivity contribution >= 4 is 11.7 Å². The molecule has 0 aromatic carbocycles. The van der Waals surface area contributed by atoms with E-state index in [0.717, 1.165) is 25.9 Å². The van der Waals surface area contributed by atoms with Gasteiger partial charge in [0.2, 0.25) is 0 Å². The quantitative estimate of drug-likeness (QED) is 0.815. The molecule has 1 fully saturated rings. The molecular formula is C12H17N3O2. The van der Waals surface area contributed by atoms with Crippen LogP contribution in [0.15, 0.2) is 18.2 Å². The Labute approximate surface area is 100 Å². The van der Waals surface area contributed by atoms with E-state index in [1.54, 1.807) is 18.2 Å². The Morgan fingerprint density at radius 1 is 1.59 bits per heavy atom. The third kappa shape index (κ3) is 3.42. The first-order valence-electron chi connectivity index (χ1n) is 5.88. The molecule has 0 spiro atoms. The number of amides is 1. The van der Waals surface area contributed by atoms with Gasteiger partial charge in [0.25, 0.3) is 5.91 Å². The Hall–Kier alpha value is -1.62. The second-order valence-corrected chi connectivity index (χ2v) is 4.13. The van der Waals surface area contributed by atoms with Gasteiger partial charge in [-0.05, 0) is 31.4 Å². The van der Waals surface area contributed by atoms with Crippen molar-refractivity contribution < 1.29 is 9.53 Å². The van der Waals surface area contributed by atoms with Gasteiger partial charge in [-0.3, -0.25) is 4.79 Å². The molecule has 1 aliphatic heterocycles. The van der Waals surface area contributed by atoms with Crippen LogP contribution >= 0.6 is 0 Å². The lowest BCUT2D eigenvalue weighted by molar-refractivity contribution is 0.0903. The fourth-order valence-electron chi connectivity index (χ4n) is 1.89. The summed E-state index contributed by atoms with van der Waals surface area (Å²) in [5.41, 5.74) is 5.87. The number of carbonyl (C=O) groups excluding carboxylic acids is 1. The van der Waals surface area contributed by atoms with E-state index < -0.39 is 0 Å². The minimum atomic E-state index is -0.185. The van der Waals surface area contributed by atoms with E-state index in [2.05, 4.69) is 10.3 Å². The van der Waals surface area contributed by atoms with Crippen molar-refractivity contribution in [1.29, 1.82) is 0 Å². The lowest BCUT2D eigenvalue weighted by atomic mass is 10.2. The number of nitrogen functional groups attached to an aromatic ring is 1. The van der Waals surface area contributed by atoms with Gasteiger partial charge in [0.15, 0.2) is 0 Å². The monoisotopic (exact) mass is 235 g/mol. The predicted octanol–water partition coefficient (Wildman–Crippen LogP) is 0.963. The van der Waals surface area contributed by atoms with Gasteiger partial charge < -0.3 is 15.8 Å². The molecule has 0 bridgehead atoms. The number of hydrogen-bond acceptors (Lipinski definition) is 4. The van der Waals surface area contributed by atoms with Crippen molar-refractivity contribution in [1.82, 2.24) is 10.3 Å². The first-order valence-corrected chi connectivity index (χ1v) is 5.88. The average molecular weight is 235 g/mol. The largest absolute Gasteiger partial charge is 0.384 e. The summed E-state index contributed by atoms with van der Waals surface area (Å²) in [6, 6.07) is 5.03. The van der Waals surface area contributed by atoms with E-state index in [4.69, 9.17) is 10.5 Å². The van der Waals surface area contributed by atoms with E-state index in [1.165, 1.54) is 0 Å². The second-order valence-electron chi connectivity index (χ2n) is 4.13. The molecule has 5 heteroatoms. The van der Waals surface area contributed by atoms with Gasteiger partial charge >= 0.3 is 0 Å². The van der Waals surface area contributed by atoms with Gasteiger partial charge in [0.05, 0.1) is 6.10 Å². The fourth-order valence-corrected chi connectivity index (χ4v) is 1.89. The number of pyridine rings is 1. The molecule has 1 aliphatic rings. The standard InChI is InChI=1S/C12H17N3O2/c13-11-5-1-4-10(15-11)12(16)14-7-6-9-3-2-8-17-9/h1,4-5,9H,2-3,6-8H2,(H2,13,15)(H,14,16). The van der Waals surface area contributed by atoms with Crippen molar-refractivity contribution in [2.24, 2.45) is 0 Å². The van der Waals surface area contributed by atoms with Gasteiger partial charge in [0, 0.05) is 13.2 Å². The molecule has 0 aliphatic carbocycles. The summed E-state index contributed by atoms with van der Waals surface area (Å²) in [7, 11) is 0. The van der Waals surface area contributed by atoms with Crippen molar-refractivity contribution in [3.05, 3.63) is 23.9 Å². The van der Waals surface area contributed by atoms with Crippen LogP contribution < -0.4 is 11.1 Å². The maximum atomic E-state index is 11.7. The van der Waals surface area contributed by atoms with Crippen LogP contribution in [0.1, 0.15) is 29.8 Å². The highest BCUT2D eigenvalue weighted by atomic mass is 16.5. The Morgan fingerprint density at radius 3 is 3.18 bits per heavy atom. The molecule has 92 valence electrons. The number of anilines is 1. The highest BCUT2D eigenvalue weighted by molar-refractivity contribution is 5.92. The van der Waals surface area contributed by atoms with Gasteiger partial charge in [-0.25, -0.2) is 4.98 Å². The molecule has 0 radical (unpaired) electrons. The number of carbonyl (C=O) groups is 1. The van der Waals surface area contributed by atoms with Crippen molar-refractivity contribution in [2.75, 3.05) is 18.9 Å². The zero-order chi connectivity index (χ0) is 12.1. The number of nitrogens with two attached hydrogens (primary N) is 1. The zero-order valence-corrected chi connectivity index (χ0v) is 9.69. The maximum Gasteiger partial charge on any atom is 0.269 e. The van der Waals surface area contributed by atoms with E-state index in [1.807, 2.05) is 0 Å². The van der Waals surface area contributed by atoms with Crippen molar-refractivity contribution in [2.45, 2.75) is 25.4 Å². The van der Waals surface area contributed by atoms with Gasteiger partial charge in [-0.2, -0.15) is 0 Å². The lowest BCUT2D eigenvalue weighted by Crippen LogP contribution is -2.27. The molecule has 0 saturated carbocycles. The van der Waals surface area contributed by atoms with Crippen LogP contribution in [0.25, 0.3) is 0 Å². The van der Waals surface area contributed by atoms with E-state index in [-0.39, 0.29) is 5.91 Å². The highest BCUT2D eigenvalue weighted by Gasteiger charge is 2.15. The fraction of sp³-hybridized carbons (Fsp3) is 0.500. The Balaban J connectivity index is 1.77. The van der Waals surface area contributed by atoms with Crippen LogP contribution in [0.2, 0.25) is 0 Å². The summed E-state index contributed by atoms with van der Waals surface area (Å²) in [5.74, 6) is 0.173. The van der Waals surface area contributed by atoms with E-state index in [0.29, 0.717) is 24.2 Å². The summed E-state index contributed by atoms with van der Waals surface area (Å²) in [4.78, 5) is 15.7. The normalized spacial score (nSPS) is 19.2. The Morgan fingerprint density at radius 2 is 2.47 bits per heavy atom. The summed E-state index contributed by atoms with van der Waals surface area (Å²) < 4.78 is 5.47. The maximum absolute atomic E-state index is 11.7. The van der Waals surface area contributed by atoms with Crippen molar-refractivity contribution in [3.63, 3.8) is 0 Å². The molecule has 2 heterocycles.